The van der Waals surface area contributed by atoms with Gasteiger partial charge in [0, 0.05) is 12.1 Å². The van der Waals surface area contributed by atoms with Gasteiger partial charge in [-0.3, -0.25) is 10.8 Å². The molecule has 0 saturated heterocycles. The Labute approximate surface area is 142 Å². The van der Waals surface area contributed by atoms with E-state index in [0.29, 0.717) is 5.69 Å². The molecule has 0 aromatic heterocycles. The van der Waals surface area contributed by atoms with Crippen LogP contribution in [-0.4, -0.2) is 36.4 Å². The maximum absolute atomic E-state index is 12.7. The Balaban J connectivity index is 3.07. The zero-order valence-corrected chi connectivity index (χ0v) is 14.9. The molecule has 0 unspecified atom stereocenters. The fourth-order valence-corrected chi connectivity index (χ4v) is 4.07. The van der Waals surface area contributed by atoms with Crippen LogP contribution < -0.4 is 11.2 Å². The van der Waals surface area contributed by atoms with E-state index in [2.05, 4.69) is 10.5 Å². The van der Waals surface area contributed by atoms with Gasteiger partial charge >= 0.3 is 0 Å². The fourth-order valence-electron chi connectivity index (χ4n) is 2.24. The van der Waals surface area contributed by atoms with Crippen LogP contribution >= 0.6 is 0 Å². The molecule has 0 aliphatic carbocycles. The summed E-state index contributed by atoms with van der Waals surface area (Å²) in [5.74, 6) is -0.450. The molecule has 0 heterocycles. The lowest BCUT2D eigenvalue weighted by Crippen LogP contribution is -2.41. The van der Waals surface area contributed by atoms with Gasteiger partial charge in [0.2, 0.25) is 15.7 Å². The summed E-state index contributed by atoms with van der Waals surface area (Å²) < 4.78 is 26.9. The third-order valence-corrected chi connectivity index (χ3v) is 5.37. The number of sulfonamides is 1. The quantitative estimate of drug-likeness (QED) is 0.391. The van der Waals surface area contributed by atoms with E-state index in [1.807, 2.05) is 27.7 Å². The van der Waals surface area contributed by atoms with Crippen LogP contribution in [0.25, 0.3) is 0 Å². The van der Waals surface area contributed by atoms with Crippen molar-refractivity contribution in [3.8, 4) is 6.07 Å². The monoisotopic (exact) mass is 350 g/mol. The summed E-state index contributed by atoms with van der Waals surface area (Å²) in [7, 11) is -3.60. The van der Waals surface area contributed by atoms with Crippen LogP contribution in [0.15, 0.2) is 34.3 Å². The van der Waals surface area contributed by atoms with E-state index in [1.54, 1.807) is 6.07 Å². The number of nitrogens with zero attached hydrogens (tertiary/aromatic N) is 3. The largest absolute Gasteiger partial charge is 0.382 e. The molecule has 24 heavy (non-hydrogen) atoms. The van der Waals surface area contributed by atoms with Gasteiger partial charge in [-0.1, -0.05) is 0 Å². The fraction of sp³-hybridized carbons (Fsp3) is 0.400. The molecule has 0 spiro atoms. The average molecular weight is 350 g/mol. The van der Waals surface area contributed by atoms with Crippen LogP contribution in [0.1, 0.15) is 27.7 Å². The van der Waals surface area contributed by atoms with E-state index in [-0.39, 0.29) is 22.7 Å². The smallest absolute Gasteiger partial charge is 0.243 e. The number of anilines is 1. The minimum Gasteiger partial charge on any atom is -0.382 e. The van der Waals surface area contributed by atoms with E-state index in [4.69, 9.17) is 16.4 Å². The Morgan fingerprint density at radius 1 is 1.25 bits per heavy atom. The minimum atomic E-state index is -3.60. The molecular weight excluding hydrogens is 328 g/mol. The highest BCUT2D eigenvalue weighted by molar-refractivity contribution is 7.89. The molecule has 0 radical (unpaired) electrons. The maximum atomic E-state index is 12.7. The van der Waals surface area contributed by atoms with E-state index >= 15 is 0 Å². The SMILES string of the molecule is CC(C)N(C(C)C)S(=O)(=O)c1ccc(N/N=C(\C#N)C(=N)N)cc1. The summed E-state index contributed by atoms with van der Waals surface area (Å²) in [5.41, 5.74) is 7.98. The number of rotatable bonds is 7. The van der Waals surface area contributed by atoms with Gasteiger partial charge < -0.3 is 5.73 Å². The molecule has 4 N–H and O–H groups in total. The highest BCUT2D eigenvalue weighted by atomic mass is 32.2. The van der Waals surface area contributed by atoms with E-state index < -0.39 is 15.9 Å². The molecule has 9 heteroatoms. The van der Waals surface area contributed by atoms with Crippen LogP contribution in [0.5, 0.6) is 0 Å². The Morgan fingerprint density at radius 2 is 1.75 bits per heavy atom. The minimum absolute atomic E-state index is 0.161. The van der Waals surface area contributed by atoms with Gasteiger partial charge in [-0.25, -0.2) is 8.42 Å². The average Bonchev–Trinajstić information content (AvgIpc) is 2.46. The molecule has 130 valence electrons. The van der Waals surface area contributed by atoms with Gasteiger partial charge in [0.25, 0.3) is 0 Å². The van der Waals surface area contributed by atoms with Crippen LogP contribution in [0, 0.1) is 16.7 Å². The highest BCUT2D eigenvalue weighted by Crippen LogP contribution is 2.22. The van der Waals surface area contributed by atoms with Crippen LogP contribution in [0.2, 0.25) is 0 Å². The third kappa shape index (κ3) is 4.53. The van der Waals surface area contributed by atoms with Gasteiger partial charge in [-0.05, 0) is 52.0 Å². The van der Waals surface area contributed by atoms with Crippen molar-refractivity contribution in [1.82, 2.24) is 4.31 Å². The lowest BCUT2D eigenvalue weighted by atomic mass is 10.3. The number of amidine groups is 1. The van der Waals surface area contributed by atoms with Gasteiger partial charge in [0.15, 0.2) is 5.84 Å². The van der Waals surface area contributed by atoms with Crippen molar-refractivity contribution in [3.05, 3.63) is 24.3 Å². The molecule has 1 aromatic rings. The number of hydrogen-bond donors (Lipinski definition) is 3. The normalized spacial score (nSPS) is 12.5. The molecular formula is C15H22N6O2S. The van der Waals surface area contributed by atoms with Crippen LogP contribution in [-0.2, 0) is 10.0 Å². The van der Waals surface area contributed by atoms with Crippen molar-refractivity contribution in [2.75, 3.05) is 5.43 Å². The second kappa shape index (κ2) is 7.90. The van der Waals surface area contributed by atoms with Crippen LogP contribution in [0.4, 0.5) is 5.69 Å². The first-order valence-corrected chi connectivity index (χ1v) is 8.77. The zero-order chi connectivity index (χ0) is 18.5. The molecule has 0 fully saturated rings. The molecule has 1 aromatic carbocycles. The Bertz CT molecular complexity index is 752. The Hall–Kier alpha value is -2.44. The lowest BCUT2D eigenvalue weighted by Gasteiger charge is -2.29. The molecule has 0 saturated carbocycles. The number of hydrazone groups is 1. The molecule has 0 aliphatic heterocycles. The predicted molar refractivity (Wildman–Crippen MR) is 94.3 cm³/mol. The van der Waals surface area contributed by atoms with Gasteiger partial charge in [0.1, 0.15) is 6.07 Å². The second-order valence-electron chi connectivity index (χ2n) is 5.64. The maximum Gasteiger partial charge on any atom is 0.243 e. The van der Waals surface area contributed by atoms with E-state index in [0.717, 1.165) is 0 Å². The zero-order valence-electron chi connectivity index (χ0n) is 14.1. The predicted octanol–water partition coefficient (Wildman–Crippen LogP) is 1.72. The molecule has 0 atom stereocenters. The standard InChI is InChI=1S/C15H22N6O2S/c1-10(2)21(11(3)4)24(22,23)13-7-5-12(6-8-13)19-20-14(9-16)15(17)18/h5-8,10-11,19H,1-4H3,(H3,17,18)/b20-14+. The summed E-state index contributed by atoms with van der Waals surface area (Å²) in [6, 6.07) is 7.35. The van der Waals surface area contributed by atoms with Crippen molar-refractivity contribution in [3.63, 3.8) is 0 Å². The number of nitrogens with one attached hydrogen (secondary N) is 2. The second-order valence-corrected chi connectivity index (χ2v) is 7.49. The summed E-state index contributed by atoms with van der Waals surface area (Å²) >= 11 is 0. The number of benzene rings is 1. The van der Waals surface area contributed by atoms with Gasteiger partial charge in [-0.15, -0.1) is 0 Å². The van der Waals surface area contributed by atoms with Crippen molar-refractivity contribution >= 4 is 27.3 Å². The third-order valence-electron chi connectivity index (χ3n) is 3.11. The summed E-state index contributed by atoms with van der Waals surface area (Å²) in [4.78, 5) is 0.173. The molecule has 0 amide bonds. The number of nitrogens with two attached hydrogens (primary N) is 1. The van der Waals surface area contributed by atoms with Gasteiger partial charge in [0.05, 0.1) is 10.6 Å². The van der Waals surface area contributed by atoms with Gasteiger partial charge in [-0.2, -0.15) is 14.7 Å². The molecule has 0 aliphatic rings. The van der Waals surface area contributed by atoms with Crippen LogP contribution in [0.3, 0.4) is 0 Å². The van der Waals surface area contributed by atoms with Crippen molar-refractivity contribution in [2.45, 2.75) is 44.7 Å². The first kappa shape index (κ1) is 19.6. The molecule has 1 rings (SSSR count). The summed E-state index contributed by atoms with van der Waals surface area (Å²) in [6.07, 6.45) is 0. The first-order valence-electron chi connectivity index (χ1n) is 7.33. The topological polar surface area (TPSA) is 135 Å². The highest BCUT2D eigenvalue weighted by Gasteiger charge is 2.29. The summed E-state index contributed by atoms with van der Waals surface area (Å²) in [6.45, 7) is 7.31. The lowest BCUT2D eigenvalue weighted by molar-refractivity contribution is 0.302. The Kier molecular flexibility index (Phi) is 6.45. The number of hydrogen-bond acceptors (Lipinski definition) is 6. The van der Waals surface area contributed by atoms with E-state index in [1.165, 1.54) is 28.6 Å². The van der Waals surface area contributed by atoms with Crippen molar-refractivity contribution < 1.29 is 8.42 Å². The first-order chi connectivity index (χ1) is 11.1. The van der Waals surface area contributed by atoms with Crippen molar-refractivity contribution in [1.29, 1.82) is 10.7 Å². The summed E-state index contributed by atoms with van der Waals surface area (Å²) in [5, 5.41) is 19.6. The van der Waals surface area contributed by atoms with Crippen molar-refractivity contribution in [2.24, 2.45) is 10.8 Å². The number of nitriles is 1. The Morgan fingerprint density at radius 3 is 2.12 bits per heavy atom. The van der Waals surface area contributed by atoms with E-state index in [9.17, 15) is 8.42 Å². The molecule has 8 nitrogen and oxygen atoms in total. The molecule has 0 bridgehead atoms.